The molecule has 7 nitrogen and oxygen atoms in total. The SMILES string of the molecule is Cc1cccc(OCC(=O)OCC(=O)NC(=O)NC(C)C)c1C. The molecular formula is C16H22N2O5. The van der Waals surface area contributed by atoms with Crippen LogP contribution in [0.3, 0.4) is 0 Å². The van der Waals surface area contributed by atoms with Crippen molar-refractivity contribution in [2.45, 2.75) is 33.7 Å². The summed E-state index contributed by atoms with van der Waals surface area (Å²) in [5.74, 6) is -0.809. The van der Waals surface area contributed by atoms with E-state index in [1.54, 1.807) is 19.9 Å². The highest BCUT2D eigenvalue weighted by Crippen LogP contribution is 2.20. The number of rotatable bonds is 6. The molecule has 126 valence electrons. The van der Waals surface area contributed by atoms with E-state index >= 15 is 0 Å². The van der Waals surface area contributed by atoms with Gasteiger partial charge in [-0.1, -0.05) is 12.1 Å². The molecule has 23 heavy (non-hydrogen) atoms. The van der Waals surface area contributed by atoms with Gasteiger partial charge >= 0.3 is 12.0 Å². The third kappa shape index (κ3) is 6.82. The summed E-state index contributed by atoms with van der Waals surface area (Å²) in [5.41, 5.74) is 1.98. The zero-order valence-corrected chi connectivity index (χ0v) is 13.8. The van der Waals surface area contributed by atoms with Gasteiger partial charge < -0.3 is 14.8 Å². The molecule has 0 radical (unpaired) electrons. The third-order valence-corrected chi connectivity index (χ3v) is 2.94. The molecule has 0 spiro atoms. The minimum Gasteiger partial charge on any atom is -0.482 e. The van der Waals surface area contributed by atoms with Crippen molar-refractivity contribution in [2.75, 3.05) is 13.2 Å². The third-order valence-electron chi connectivity index (χ3n) is 2.94. The Hall–Kier alpha value is -2.57. The van der Waals surface area contributed by atoms with E-state index in [9.17, 15) is 14.4 Å². The van der Waals surface area contributed by atoms with Crippen LogP contribution in [0.2, 0.25) is 0 Å². The van der Waals surface area contributed by atoms with Crippen LogP contribution in [-0.4, -0.2) is 37.2 Å². The first-order valence-electron chi connectivity index (χ1n) is 7.24. The summed E-state index contributed by atoms with van der Waals surface area (Å²) in [5, 5.41) is 4.53. The van der Waals surface area contributed by atoms with Crippen LogP contribution >= 0.6 is 0 Å². The number of urea groups is 1. The standard InChI is InChI=1S/C16H22N2O5/c1-10(2)17-16(21)18-14(19)8-23-15(20)9-22-13-7-5-6-11(3)12(13)4/h5-7,10H,8-9H2,1-4H3,(H2,17,18,19,21). The van der Waals surface area contributed by atoms with E-state index in [2.05, 4.69) is 5.32 Å². The molecule has 0 atom stereocenters. The molecule has 0 saturated carbocycles. The predicted molar refractivity (Wildman–Crippen MR) is 84.2 cm³/mol. The van der Waals surface area contributed by atoms with Gasteiger partial charge in [0.25, 0.3) is 5.91 Å². The Balaban J connectivity index is 2.33. The van der Waals surface area contributed by atoms with E-state index in [4.69, 9.17) is 9.47 Å². The van der Waals surface area contributed by atoms with Gasteiger partial charge in [-0.2, -0.15) is 0 Å². The lowest BCUT2D eigenvalue weighted by Crippen LogP contribution is -2.44. The van der Waals surface area contributed by atoms with Gasteiger partial charge in [0.1, 0.15) is 5.75 Å². The number of carbonyl (C=O) groups excluding carboxylic acids is 3. The Morgan fingerprint density at radius 3 is 2.48 bits per heavy atom. The van der Waals surface area contributed by atoms with Gasteiger partial charge in [0.05, 0.1) is 0 Å². The number of esters is 1. The Kier molecular flexibility index (Phi) is 7.05. The first kappa shape index (κ1) is 18.5. The average Bonchev–Trinajstić information content (AvgIpc) is 2.45. The van der Waals surface area contributed by atoms with Crippen molar-refractivity contribution in [2.24, 2.45) is 0 Å². The smallest absolute Gasteiger partial charge is 0.344 e. The molecule has 1 aromatic carbocycles. The summed E-state index contributed by atoms with van der Waals surface area (Å²) in [6.07, 6.45) is 0. The fourth-order valence-electron chi connectivity index (χ4n) is 1.67. The van der Waals surface area contributed by atoms with Gasteiger partial charge in [0.15, 0.2) is 13.2 Å². The molecular weight excluding hydrogens is 300 g/mol. The quantitative estimate of drug-likeness (QED) is 0.773. The Morgan fingerprint density at radius 1 is 1.13 bits per heavy atom. The molecule has 0 heterocycles. The summed E-state index contributed by atoms with van der Waals surface area (Å²) in [6, 6.07) is 4.78. The maximum absolute atomic E-state index is 11.6. The molecule has 0 unspecified atom stereocenters. The monoisotopic (exact) mass is 322 g/mol. The fraction of sp³-hybridized carbons (Fsp3) is 0.438. The number of amides is 3. The second kappa shape index (κ2) is 8.77. The van der Waals surface area contributed by atoms with Crippen molar-refractivity contribution < 1.29 is 23.9 Å². The highest BCUT2D eigenvalue weighted by atomic mass is 16.6. The molecule has 0 fully saturated rings. The van der Waals surface area contributed by atoms with Crippen molar-refractivity contribution in [1.82, 2.24) is 10.6 Å². The topological polar surface area (TPSA) is 93.7 Å². The number of nitrogens with one attached hydrogen (secondary N) is 2. The number of carbonyl (C=O) groups is 3. The van der Waals surface area contributed by atoms with Crippen molar-refractivity contribution in [3.63, 3.8) is 0 Å². The van der Waals surface area contributed by atoms with Crippen LogP contribution in [0, 0.1) is 13.8 Å². The van der Waals surface area contributed by atoms with E-state index < -0.39 is 24.5 Å². The minimum atomic E-state index is -0.705. The van der Waals surface area contributed by atoms with Crippen LogP contribution in [0.1, 0.15) is 25.0 Å². The van der Waals surface area contributed by atoms with Crippen molar-refractivity contribution in [3.05, 3.63) is 29.3 Å². The lowest BCUT2D eigenvalue weighted by molar-refractivity contribution is -0.150. The molecule has 2 N–H and O–H groups in total. The summed E-state index contributed by atoms with van der Waals surface area (Å²) in [6.45, 7) is 6.49. The molecule has 0 aromatic heterocycles. The molecule has 7 heteroatoms. The van der Waals surface area contributed by atoms with Crippen molar-refractivity contribution in [1.29, 1.82) is 0 Å². The highest BCUT2D eigenvalue weighted by Gasteiger charge is 2.12. The second-order valence-electron chi connectivity index (χ2n) is 5.32. The van der Waals surface area contributed by atoms with E-state index in [1.807, 2.05) is 31.3 Å². The molecule has 0 aliphatic carbocycles. The van der Waals surface area contributed by atoms with Crippen LogP contribution in [0.4, 0.5) is 4.79 Å². The first-order chi connectivity index (χ1) is 10.8. The zero-order chi connectivity index (χ0) is 17.4. The van der Waals surface area contributed by atoms with Gasteiger partial charge in [-0.3, -0.25) is 10.1 Å². The Morgan fingerprint density at radius 2 is 1.83 bits per heavy atom. The van der Waals surface area contributed by atoms with Gasteiger partial charge in [-0.05, 0) is 44.9 Å². The number of imide groups is 1. The van der Waals surface area contributed by atoms with Crippen LogP contribution in [0.5, 0.6) is 5.75 Å². The van der Waals surface area contributed by atoms with Crippen molar-refractivity contribution >= 4 is 17.9 Å². The fourth-order valence-corrected chi connectivity index (χ4v) is 1.67. The zero-order valence-electron chi connectivity index (χ0n) is 13.8. The summed E-state index contributed by atoms with van der Waals surface area (Å²) in [4.78, 5) is 34.3. The van der Waals surface area contributed by atoms with Crippen LogP contribution < -0.4 is 15.4 Å². The number of aryl methyl sites for hydroxylation is 1. The number of benzene rings is 1. The Bertz CT molecular complexity index is 584. The normalized spacial score (nSPS) is 10.1. The van der Waals surface area contributed by atoms with Crippen LogP contribution in [0.15, 0.2) is 18.2 Å². The minimum absolute atomic E-state index is 0.101. The average molecular weight is 322 g/mol. The maximum atomic E-state index is 11.6. The van der Waals surface area contributed by atoms with E-state index in [1.165, 1.54) is 0 Å². The Labute approximate surface area is 135 Å². The molecule has 3 amide bonds. The number of ether oxygens (including phenoxy) is 2. The summed E-state index contributed by atoms with van der Waals surface area (Å²) >= 11 is 0. The molecule has 1 rings (SSSR count). The summed E-state index contributed by atoms with van der Waals surface area (Å²) in [7, 11) is 0. The van der Waals surface area contributed by atoms with Gasteiger partial charge in [-0.15, -0.1) is 0 Å². The molecule has 1 aromatic rings. The second-order valence-corrected chi connectivity index (χ2v) is 5.32. The molecule has 0 aliphatic heterocycles. The molecule has 0 aliphatic rings. The summed E-state index contributed by atoms with van der Waals surface area (Å²) < 4.78 is 10.1. The number of hydrogen-bond donors (Lipinski definition) is 2. The lowest BCUT2D eigenvalue weighted by atomic mass is 10.1. The largest absolute Gasteiger partial charge is 0.482 e. The predicted octanol–water partition coefficient (Wildman–Crippen LogP) is 1.46. The maximum Gasteiger partial charge on any atom is 0.344 e. The van der Waals surface area contributed by atoms with E-state index in [-0.39, 0.29) is 12.6 Å². The number of hydrogen-bond acceptors (Lipinski definition) is 5. The van der Waals surface area contributed by atoms with E-state index in [0.29, 0.717) is 5.75 Å². The first-order valence-corrected chi connectivity index (χ1v) is 7.24. The van der Waals surface area contributed by atoms with Crippen LogP contribution in [0.25, 0.3) is 0 Å². The lowest BCUT2D eigenvalue weighted by Gasteiger charge is -2.11. The van der Waals surface area contributed by atoms with Gasteiger partial charge in [0, 0.05) is 6.04 Å². The molecule has 0 saturated heterocycles. The molecule has 0 bridgehead atoms. The van der Waals surface area contributed by atoms with Crippen LogP contribution in [-0.2, 0) is 14.3 Å². The van der Waals surface area contributed by atoms with E-state index in [0.717, 1.165) is 11.1 Å². The van der Waals surface area contributed by atoms with Gasteiger partial charge in [0.2, 0.25) is 0 Å². The van der Waals surface area contributed by atoms with Gasteiger partial charge in [-0.25, -0.2) is 9.59 Å². The van der Waals surface area contributed by atoms with Crippen molar-refractivity contribution in [3.8, 4) is 5.75 Å². The highest BCUT2D eigenvalue weighted by molar-refractivity contribution is 5.95.